The lowest BCUT2D eigenvalue weighted by atomic mass is 9.90. The zero-order chi connectivity index (χ0) is 15.5. The highest BCUT2D eigenvalue weighted by Crippen LogP contribution is 2.35. The maximum atomic E-state index is 12.2. The van der Waals surface area contributed by atoms with Crippen LogP contribution < -0.4 is 15.5 Å². The highest BCUT2D eigenvalue weighted by molar-refractivity contribution is 6.06. The molecule has 1 heterocycles. The van der Waals surface area contributed by atoms with Crippen molar-refractivity contribution in [1.82, 2.24) is 5.32 Å². The Balaban J connectivity index is 1.86. The molecule has 118 valence electrons. The lowest BCUT2D eigenvalue weighted by Gasteiger charge is -2.31. The molecule has 1 aromatic rings. The van der Waals surface area contributed by atoms with E-state index < -0.39 is 0 Å². The lowest BCUT2D eigenvalue weighted by Crippen LogP contribution is -2.46. The molecule has 3 rings (SSSR count). The molecule has 0 atom stereocenters. The number of carbonyl (C=O) groups is 2. The standard InChI is InChI=1S/C17H23N3O2/c1-2-7-18-16(21)11-20-15-9-13-6-4-3-5-12(13)8-14(15)19-10-17(20)22/h8-9,19H,2-7,10-11H2,1H3,(H,18,21). The van der Waals surface area contributed by atoms with Crippen LogP contribution in [0.3, 0.4) is 0 Å². The van der Waals surface area contributed by atoms with Crippen LogP contribution in [0.5, 0.6) is 0 Å². The first-order valence-electron chi connectivity index (χ1n) is 8.15. The number of carbonyl (C=O) groups excluding carboxylic acids is 2. The van der Waals surface area contributed by atoms with E-state index in [1.54, 1.807) is 4.90 Å². The van der Waals surface area contributed by atoms with Gasteiger partial charge in [0.25, 0.3) is 0 Å². The molecule has 1 aliphatic heterocycles. The SMILES string of the molecule is CCCNC(=O)CN1C(=O)CNc2cc3c(cc21)CCCC3. The summed E-state index contributed by atoms with van der Waals surface area (Å²) in [6.07, 6.45) is 5.49. The second kappa shape index (κ2) is 6.38. The summed E-state index contributed by atoms with van der Waals surface area (Å²) in [5.41, 5.74) is 4.52. The monoisotopic (exact) mass is 301 g/mol. The van der Waals surface area contributed by atoms with Crippen molar-refractivity contribution in [3.63, 3.8) is 0 Å². The van der Waals surface area contributed by atoms with Gasteiger partial charge in [-0.3, -0.25) is 14.5 Å². The Morgan fingerprint density at radius 2 is 2.00 bits per heavy atom. The summed E-state index contributed by atoms with van der Waals surface area (Å²) in [5.74, 6) is -0.143. The molecule has 1 aromatic carbocycles. The number of fused-ring (bicyclic) bond motifs is 2. The van der Waals surface area contributed by atoms with Gasteiger partial charge in [-0.05, 0) is 55.4 Å². The van der Waals surface area contributed by atoms with Crippen molar-refractivity contribution in [2.45, 2.75) is 39.0 Å². The Hall–Kier alpha value is -2.04. The molecular weight excluding hydrogens is 278 g/mol. The van der Waals surface area contributed by atoms with Crippen LogP contribution in [0.4, 0.5) is 11.4 Å². The maximum Gasteiger partial charge on any atom is 0.246 e. The Morgan fingerprint density at radius 3 is 2.73 bits per heavy atom. The van der Waals surface area contributed by atoms with Gasteiger partial charge >= 0.3 is 0 Å². The summed E-state index contributed by atoms with van der Waals surface area (Å²) < 4.78 is 0. The van der Waals surface area contributed by atoms with Crippen molar-refractivity contribution in [2.24, 2.45) is 0 Å². The molecule has 0 spiro atoms. The molecule has 0 radical (unpaired) electrons. The van der Waals surface area contributed by atoms with Gasteiger partial charge in [0.2, 0.25) is 11.8 Å². The molecule has 5 heteroatoms. The van der Waals surface area contributed by atoms with Gasteiger partial charge in [0.1, 0.15) is 6.54 Å². The van der Waals surface area contributed by atoms with Gasteiger partial charge in [-0.25, -0.2) is 0 Å². The number of benzene rings is 1. The molecule has 0 aromatic heterocycles. The van der Waals surface area contributed by atoms with E-state index in [2.05, 4.69) is 22.8 Å². The lowest BCUT2D eigenvalue weighted by molar-refractivity contribution is -0.123. The normalized spacial score (nSPS) is 16.6. The third kappa shape index (κ3) is 2.93. The van der Waals surface area contributed by atoms with Gasteiger partial charge < -0.3 is 10.6 Å². The number of rotatable bonds is 4. The first kappa shape index (κ1) is 14.9. The number of anilines is 2. The first-order chi connectivity index (χ1) is 10.7. The molecular formula is C17H23N3O2. The Labute approximate surface area is 131 Å². The van der Waals surface area contributed by atoms with Crippen molar-refractivity contribution < 1.29 is 9.59 Å². The molecule has 2 N–H and O–H groups in total. The highest BCUT2D eigenvalue weighted by Gasteiger charge is 2.27. The fourth-order valence-corrected chi connectivity index (χ4v) is 3.18. The number of nitrogens with one attached hydrogen (secondary N) is 2. The average Bonchev–Trinajstić information content (AvgIpc) is 2.54. The summed E-state index contributed by atoms with van der Waals surface area (Å²) >= 11 is 0. The van der Waals surface area contributed by atoms with Crippen LogP contribution >= 0.6 is 0 Å². The Bertz CT molecular complexity index is 598. The molecule has 0 fully saturated rings. The molecule has 0 saturated heterocycles. The van der Waals surface area contributed by atoms with Crippen molar-refractivity contribution in [1.29, 1.82) is 0 Å². The van der Waals surface area contributed by atoms with Crippen molar-refractivity contribution in [3.8, 4) is 0 Å². The van der Waals surface area contributed by atoms with Gasteiger partial charge in [0, 0.05) is 6.54 Å². The van der Waals surface area contributed by atoms with E-state index in [1.807, 2.05) is 6.92 Å². The van der Waals surface area contributed by atoms with Crippen molar-refractivity contribution in [3.05, 3.63) is 23.3 Å². The quantitative estimate of drug-likeness (QED) is 0.892. The van der Waals surface area contributed by atoms with Gasteiger partial charge in [-0.2, -0.15) is 0 Å². The number of hydrogen-bond acceptors (Lipinski definition) is 3. The molecule has 1 aliphatic carbocycles. The fourth-order valence-electron chi connectivity index (χ4n) is 3.18. The van der Waals surface area contributed by atoms with E-state index >= 15 is 0 Å². The number of hydrogen-bond donors (Lipinski definition) is 2. The van der Waals surface area contributed by atoms with Gasteiger partial charge in [0.15, 0.2) is 0 Å². The first-order valence-corrected chi connectivity index (χ1v) is 8.15. The topological polar surface area (TPSA) is 61.4 Å². The van der Waals surface area contributed by atoms with Crippen LogP contribution in [-0.2, 0) is 22.4 Å². The van der Waals surface area contributed by atoms with Crippen LogP contribution in [-0.4, -0.2) is 31.4 Å². The second-order valence-corrected chi connectivity index (χ2v) is 6.03. The molecule has 5 nitrogen and oxygen atoms in total. The van der Waals surface area contributed by atoms with Crippen LogP contribution in [0.15, 0.2) is 12.1 Å². The highest BCUT2D eigenvalue weighted by atomic mass is 16.2. The maximum absolute atomic E-state index is 12.2. The summed E-state index contributed by atoms with van der Waals surface area (Å²) in [5, 5.41) is 6.03. The van der Waals surface area contributed by atoms with Crippen molar-refractivity contribution in [2.75, 3.05) is 29.9 Å². The molecule has 2 amide bonds. The number of aryl methyl sites for hydroxylation is 2. The minimum absolute atomic E-state index is 0.0464. The molecule has 2 aliphatic rings. The minimum Gasteiger partial charge on any atom is -0.374 e. The molecule has 0 bridgehead atoms. The van der Waals surface area contributed by atoms with Crippen molar-refractivity contribution >= 4 is 23.2 Å². The fraction of sp³-hybridized carbons (Fsp3) is 0.529. The second-order valence-electron chi connectivity index (χ2n) is 6.03. The van der Waals surface area contributed by atoms with E-state index in [-0.39, 0.29) is 24.9 Å². The predicted octanol–water partition coefficient (Wildman–Crippen LogP) is 1.85. The Kier molecular flexibility index (Phi) is 4.32. The average molecular weight is 301 g/mol. The van der Waals surface area contributed by atoms with E-state index in [4.69, 9.17) is 0 Å². The van der Waals surface area contributed by atoms with Crippen LogP contribution in [0, 0.1) is 0 Å². The third-order valence-corrected chi connectivity index (χ3v) is 4.36. The van der Waals surface area contributed by atoms with Crippen LogP contribution in [0.2, 0.25) is 0 Å². The van der Waals surface area contributed by atoms with Gasteiger partial charge in [-0.15, -0.1) is 0 Å². The predicted molar refractivity (Wildman–Crippen MR) is 87.2 cm³/mol. The van der Waals surface area contributed by atoms with Crippen LogP contribution in [0.25, 0.3) is 0 Å². The molecule has 0 unspecified atom stereocenters. The smallest absolute Gasteiger partial charge is 0.246 e. The number of amides is 2. The van der Waals surface area contributed by atoms with E-state index in [0.29, 0.717) is 6.54 Å². The zero-order valence-electron chi connectivity index (χ0n) is 13.1. The van der Waals surface area contributed by atoms with Gasteiger partial charge in [0.05, 0.1) is 17.9 Å². The summed E-state index contributed by atoms with van der Waals surface area (Å²) in [7, 11) is 0. The number of nitrogens with zero attached hydrogens (tertiary/aromatic N) is 1. The van der Waals surface area contributed by atoms with E-state index in [0.717, 1.165) is 30.6 Å². The zero-order valence-corrected chi connectivity index (χ0v) is 13.1. The summed E-state index contributed by atoms with van der Waals surface area (Å²) in [6.45, 7) is 3.02. The van der Waals surface area contributed by atoms with E-state index in [9.17, 15) is 9.59 Å². The van der Waals surface area contributed by atoms with Crippen LogP contribution in [0.1, 0.15) is 37.3 Å². The minimum atomic E-state index is -0.0965. The summed E-state index contributed by atoms with van der Waals surface area (Å²) in [4.78, 5) is 25.8. The van der Waals surface area contributed by atoms with Gasteiger partial charge in [-0.1, -0.05) is 6.92 Å². The largest absolute Gasteiger partial charge is 0.374 e. The summed E-state index contributed by atoms with van der Waals surface area (Å²) in [6, 6.07) is 4.26. The Morgan fingerprint density at radius 1 is 1.27 bits per heavy atom. The molecule has 0 saturated carbocycles. The van der Waals surface area contributed by atoms with E-state index in [1.165, 1.54) is 24.0 Å². The third-order valence-electron chi connectivity index (χ3n) is 4.36. The molecule has 22 heavy (non-hydrogen) atoms.